The molecule has 0 bridgehead atoms. The average molecular weight is 331 g/mol. The van der Waals surface area contributed by atoms with E-state index in [2.05, 4.69) is 11.4 Å². The number of benzene rings is 1. The summed E-state index contributed by atoms with van der Waals surface area (Å²) in [4.78, 5) is 24.7. The molecule has 1 rings (SSSR count). The lowest BCUT2D eigenvalue weighted by molar-refractivity contribution is -0.141. The van der Waals surface area contributed by atoms with E-state index >= 15 is 0 Å². The second kappa shape index (κ2) is 8.25. The van der Waals surface area contributed by atoms with Gasteiger partial charge in [0.25, 0.3) is 5.91 Å². The summed E-state index contributed by atoms with van der Waals surface area (Å²) in [6, 6.07) is 11.0. The van der Waals surface area contributed by atoms with Gasteiger partial charge in [-0.3, -0.25) is 4.79 Å². The number of ether oxygens (including phenoxy) is 1. The fourth-order valence-corrected chi connectivity index (χ4v) is 1.96. The lowest BCUT2D eigenvalue weighted by Crippen LogP contribution is -2.52. The third-order valence-corrected chi connectivity index (χ3v) is 3.23. The first kappa shape index (κ1) is 19.4. The highest BCUT2D eigenvalue weighted by molar-refractivity contribution is 5.85. The molecule has 0 radical (unpaired) electrons. The van der Waals surface area contributed by atoms with Crippen LogP contribution < -0.4 is 5.32 Å². The van der Waals surface area contributed by atoms with Gasteiger partial charge in [0.05, 0.1) is 0 Å². The van der Waals surface area contributed by atoms with E-state index in [1.165, 1.54) is 10.0 Å². The molecule has 0 saturated carbocycles. The number of alkyl carbamates (subject to hydrolysis) is 1. The van der Waals surface area contributed by atoms with Crippen LogP contribution in [0.4, 0.5) is 4.79 Å². The number of amides is 2. The first-order valence-electron chi connectivity index (χ1n) is 7.65. The zero-order valence-electron chi connectivity index (χ0n) is 14.9. The van der Waals surface area contributed by atoms with E-state index in [1.54, 1.807) is 34.9 Å². The van der Waals surface area contributed by atoms with Gasteiger partial charge in [-0.25, -0.2) is 14.8 Å². The van der Waals surface area contributed by atoms with Crippen molar-refractivity contribution in [3.8, 4) is 12.5 Å². The van der Waals surface area contributed by atoms with Gasteiger partial charge in [0.1, 0.15) is 11.6 Å². The summed E-state index contributed by atoms with van der Waals surface area (Å²) >= 11 is 0. The van der Waals surface area contributed by atoms with Gasteiger partial charge < -0.3 is 10.1 Å². The Kier molecular flexibility index (Phi) is 6.66. The second-order valence-corrected chi connectivity index (χ2v) is 6.40. The molecule has 0 aromatic heterocycles. The molecular formula is C18H25N3O3. The predicted octanol–water partition coefficient (Wildman–Crippen LogP) is 2.02. The molecule has 1 unspecified atom stereocenters. The zero-order valence-corrected chi connectivity index (χ0v) is 14.9. The van der Waals surface area contributed by atoms with Crippen molar-refractivity contribution in [2.24, 2.45) is 0 Å². The number of likely N-dealkylation sites (N-methyl/N-ethyl adjacent to an activating group) is 1. The Labute approximate surface area is 143 Å². The molecule has 0 saturated heterocycles. The molecule has 0 aliphatic carbocycles. The summed E-state index contributed by atoms with van der Waals surface area (Å²) in [6.45, 7) is 5.29. The number of hydrogen-bond acceptors (Lipinski definition) is 4. The van der Waals surface area contributed by atoms with Crippen molar-refractivity contribution in [2.75, 3.05) is 14.1 Å². The van der Waals surface area contributed by atoms with Crippen LogP contribution in [0.2, 0.25) is 0 Å². The monoisotopic (exact) mass is 331 g/mol. The van der Waals surface area contributed by atoms with Gasteiger partial charge in [-0.15, -0.1) is 0 Å². The predicted molar refractivity (Wildman–Crippen MR) is 92.7 cm³/mol. The van der Waals surface area contributed by atoms with E-state index in [0.29, 0.717) is 6.42 Å². The smallest absolute Gasteiger partial charge is 0.408 e. The quantitative estimate of drug-likeness (QED) is 0.509. The van der Waals surface area contributed by atoms with Crippen LogP contribution >= 0.6 is 0 Å². The Morgan fingerprint density at radius 2 is 1.83 bits per heavy atom. The lowest BCUT2D eigenvalue weighted by Gasteiger charge is -2.29. The van der Waals surface area contributed by atoms with Crippen molar-refractivity contribution in [1.82, 2.24) is 15.3 Å². The SMILES string of the molecule is C#CN(C)N(C)C(=O)C(Cc1ccccc1)NC(=O)OC(C)(C)C. The summed E-state index contributed by atoms with van der Waals surface area (Å²) < 4.78 is 5.25. The number of carbonyl (C=O) groups excluding carboxylic acids is 2. The Hall–Kier alpha value is -2.68. The van der Waals surface area contributed by atoms with E-state index in [9.17, 15) is 9.59 Å². The Morgan fingerprint density at radius 3 is 2.33 bits per heavy atom. The fourth-order valence-electron chi connectivity index (χ4n) is 1.96. The van der Waals surface area contributed by atoms with Crippen molar-refractivity contribution < 1.29 is 14.3 Å². The van der Waals surface area contributed by atoms with Crippen LogP contribution in [-0.2, 0) is 16.0 Å². The van der Waals surface area contributed by atoms with Crippen molar-refractivity contribution in [2.45, 2.75) is 38.8 Å². The maximum atomic E-state index is 12.7. The molecule has 0 spiro atoms. The van der Waals surface area contributed by atoms with Gasteiger partial charge in [-0.2, -0.15) is 0 Å². The number of hydrazine groups is 1. The molecule has 24 heavy (non-hydrogen) atoms. The standard InChI is InChI=1S/C18H25N3O3/c1-7-20(5)21(6)16(22)15(13-14-11-9-8-10-12-14)19-17(23)24-18(2,3)4/h1,8-12,15H,13H2,2-6H3,(H,19,23). The van der Waals surface area contributed by atoms with Crippen molar-refractivity contribution in [3.63, 3.8) is 0 Å². The third kappa shape index (κ3) is 6.21. The summed E-state index contributed by atoms with van der Waals surface area (Å²) in [5.41, 5.74) is 0.273. The molecule has 0 heterocycles. The second-order valence-electron chi connectivity index (χ2n) is 6.40. The number of nitrogens with one attached hydrogen (secondary N) is 1. The topological polar surface area (TPSA) is 61.9 Å². The minimum Gasteiger partial charge on any atom is -0.444 e. The van der Waals surface area contributed by atoms with E-state index in [0.717, 1.165) is 5.56 Å². The zero-order chi connectivity index (χ0) is 18.3. The van der Waals surface area contributed by atoms with E-state index in [-0.39, 0.29) is 5.91 Å². The van der Waals surface area contributed by atoms with Crippen LogP contribution in [0.5, 0.6) is 0 Å². The average Bonchev–Trinajstić information content (AvgIpc) is 2.51. The summed E-state index contributed by atoms with van der Waals surface area (Å²) in [7, 11) is 3.14. The van der Waals surface area contributed by atoms with Crippen LogP contribution in [0.25, 0.3) is 0 Å². The van der Waals surface area contributed by atoms with E-state index in [1.807, 2.05) is 30.3 Å². The molecule has 1 atom stereocenters. The molecule has 130 valence electrons. The van der Waals surface area contributed by atoms with Gasteiger partial charge in [-0.05, 0) is 26.3 Å². The third-order valence-electron chi connectivity index (χ3n) is 3.23. The number of hydrogen-bond donors (Lipinski definition) is 1. The van der Waals surface area contributed by atoms with Crippen LogP contribution in [0.15, 0.2) is 30.3 Å². The molecule has 1 N–H and O–H groups in total. The first-order valence-corrected chi connectivity index (χ1v) is 7.65. The number of nitrogens with zero attached hydrogens (tertiary/aromatic N) is 2. The molecule has 1 aromatic rings. The largest absolute Gasteiger partial charge is 0.444 e. The minimum atomic E-state index is -0.789. The van der Waals surface area contributed by atoms with Crippen LogP contribution in [0.1, 0.15) is 26.3 Å². The first-order chi connectivity index (χ1) is 11.1. The summed E-state index contributed by atoms with van der Waals surface area (Å²) in [5, 5.41) is 5.23. The highest BCUT2D eigenvalue weighted by Gasteiger charge is 2.28. The van der Waals surface area contributed by atoms with Crippen LogP contribution in [-0.4, -0.2) is 47.8 Å². The Bertz CT molecular complexity index is 602. The van der Waals surface area contributed by atoms with Crippen LogP contribution in [0, 0.1) is 12.5 Å². The van der Waals surface area contributed by atoms with Gasteiger partial charge >= 0.3 is 6.09 Å². The van der Waals surface area contributed by atoms with E-state index < -0.39 is 17.7 Å². The molecule has 0 fully saturated rings. The summed E-state index contributed by atoms with van der Waals surface area (Å²) in [6.07, 6.45) is 5.01. The van der Waals surface area contributed by atoms with Gasteiger partial charge in [0, 0.05) is 26.6 Å². The minimum absolute atomic E-state index is 0.329. The molecule has 2 amide bonds. The highest BCUT2D eigenvalue weighted by Crippen LogP contribution is 2.10. The van der Waals surface area contributed by atoms with Gasteiger partial charge in [0.2, 0.25) is 0 Å². The highest BCUT2D eigenvalue weighted by atomic mass is 16.6. The molecule has 6 heteroatoms. The maximum Gasteiger partial charge on any atom is 0.408 e. The summed E-state index contributed by atoms with van der Waals surface area (Å²) in [5.74, 6) is -0.329. The molecule has 1 aromatic carbocycles. The Morgan fingerprint density at radius 1 is 1.25 bits per heavy atom. The number of carbonyl (C=O) groups is 2. The molecular weight excluding hydrogens is 306 g/mol. The fraction of sp³-hybridized carbons (Fsp3) is 0.444. The van der Waals surface area contributed by atoms with Crippen LogP contribution in [0.3, 0.4) is 0 Å². The molecule has 0 aliphatic rings. The molecule has 6 nitrogen and oxygen atoms in total. The normalized spacial score (nSPS) is 11.8. The van der Waals surface area contributed by atoms with Gasteiger partial charge in [0.15, 0.2) is 0 Å². The van der Waals surface area contributed by atoms with Crippen molar-refractivity contribution >= 4 is 12.0 Å². The number of rotatable bonds is 5. The maximum absolute atomic E-state index is 12.7. The van der Waals surface area contributed by atoms with Crippen molar-refractivity contribution in [3.05, 3.63) is 35.9 Å². The van der Waals surface area contributed by atoms with E-state index in [4.69, 9.17) is 11.2 Å². The van der Waals surface area contributed by atoms with Gasteiger partial charge in [-0.1, -0.05) is 36.8 Å². The lowest BCUT2D eigenvalue weighted by atomic mass is 10.1. The number of terminal acetylenes is 1. The Balaban J connectivity index is 2.92. The van der Waals surface area contributed by atoms with Crippen molar-refractivity contribution in [1.29, 1.82) is 0 Å². The molecule has 0 aliphatic heterocycles.